The maximum atomic E-state index is 5.50. The zero-order valence-corrected chi connectivity index (χ0v) is 7.60. The Balaban J connectivity index is 2.59. The third-order valence-electron chi connectivity index (χ3n) is 1.28. The molecule has 6 heteroatoms. The largest absolute Gasteiger partial charge is 0.369 e. The number of aryl methyl sites for hydroxylation is 1. The number of anilines is 1. The van der Waals surface area contributed by atoms with E-state index in [4.69, 9.17) is 5.73 Å². The first-order valence-corrected chi connectivity index (χ1v) is 3.73. The van der Waals surface area contributed by atoms with Crippen LogP contribution in [0.25, 0.3) is 0 Å². The summed E-state index contributed by atoms with van der Waals surface area (Å²) in [7, 11) is 3.45. The van der Waals surface area contributed by atoms with E-state index in [9.17, 15) is 0 Å². The van der Waals surface area contributed by atoms with Gasteiger partial charge < -0.3 is 11.1 Å². The van der Waals surface area contributed by atoms with Crippen LogP contribution in [0.1, 0.15) is 0 Å². The standard InChI is InChI=1S/C7H12N6/c1-9-5-10-7(8)11-6-3-4-13(2)12-6/h3-5H,1-2H3,(H3,8,9,10,11,12). The minimum Gasteiger partial charge on any atom is -0.369 e. The molecule has 0 saturated carbocycles. The Bertz CT molecular complexity index is 323. The Morgan fingerprint density at radius 2 is 2.54 bits per heavy atom. The average molecular weight is 180 g/mol. The van der Waals surface area contributed by atoms with Gasteiger partial charge in [0, 0.05) is 26.4 Å². The maximum Gasteiger partial charge on any atom is 0.200 e. The van der Waals surface area contributed by atoms with Crippen LogP contribution in [0.5, 0.6) is 0 Å². The number of aliphatic imine (C=N–C) groups is 2. The van der Waals surface area contributed by atoms with Crippen molar-refractivity contribution in [3.63, 3.8) is 0 Å². The van der Waals surface area contributed by atoms with Gasteiger partial charge in [0.05, 0.1) is 0 Å². The van der Waals surface area contributed by atoms with Gasteiger partial charge in [0.15, 0.2) is 5.82 Å². The molecule has 1 aromatic rings. The van der Waals surface area contributed by atoms with E-state index in [0.717, 1.165) is 0 Å². The highest BCUT2D eigenvalue weighted by atomic mass is 15.3. The molecule has 0 atom stereocenters. The van der Waals surface area contributed by atoms with Crippen LogP contribution in [0, 0.1) is 0 Å². The molecule has 1 heterocycles. The first kappa shape index (κ1) is 9.24. The Hall–Kier alpha value is -1.85. The van der Waals surface area contributed by atoms with Crippen LogP contribution in [0.2, 0.25) is 0 Å². The fraction of sp³-hybridized carbons (Fsp3) is 0.286. The highest BCUT2D eigenvalue weighted by Crippen LogP contribution is 1.98. The van der Waals surface area contributed by atoms with Crippen molar-refractivity contribution >= 4 is 18.1 Å². The van der Waals surface area contributed by atoms with Gasteiger partial charge in [0.2, 0.25) is 5.96 Å². The molecule has 0 aliphatic carbocycles. The Morgan fingerprint density at radius 1 is 1.77 bits per heavy atom. The maximum absolute atomic E-state index is 5.50. The number of guanidine groups is 1. The van der Waals surface area contributed by atoms with Crippen molar-refractivity contribution in [1.82, 2.24) is 9.78 Å². The third kappa shape index (κ3) is 2.94. The normalized spacial score (nSPS) is 12.3. The summed E-state index contributed by atoms with van der Waals surface area (Å²) in [6.45, 7) is 0. The minimum absolute atomic E-state index is 0.268. The van der Waals surface area contributed by atoms with E-state index in [-0.39, 0.29) is 5.96 Å². The molecule has 0 aliphatic heterocycles. The van der Waals surface area contributed by atoms with Crippen LogP contribution in [-0.4, -0.2) is 29.1 Å². The summed E-state index contributed by atoms with van der Waals surface area (Å²) in [5.74, 6) is 0.928. The van der Waals surface area contributed by atoms with E-state index in [0.29, 0.717) is 5.82 Å². The first-order valence-electron chi connectivity index (χ1n) is 3.73. The van der Waals surface area contributed by atoms with Crippen molar-refractivity contribution in [1.29, 1.82) is 0 Å². The molecule has 3 N–H and O–H groups in total. The molecule has 6 nitrogen and oxygen atoms in total. The van der Waals surface area contributed by atoms with Crippen LogP contribution in [-0.2, 0) is 7.05 Å². The molecule has 1 aromatic heterocycles. The van der Waals surface area contributed by atoms with Crippen molar-refractivity contribution in [3.05, 3.63) is 12.3 Å². The summed E-state index contributed by atoms with van der Waals surface area (Å²) in [6, 6.07) is 1.80. The van der Waals surface area contributed by atoms with Gasteiger partial charge in [-0.1, -0.05) is 0 Å². The summed E-state index contributed by atoms with van der Waals surface area (Å²) in [4.78, 5) is 7.45. The summed E-state index contributed by atoms with van der Waals surface area (Å²) in [6.07, 6.45) is 3.18. The molecular formula is C7H12N6. The SMILES string of the molecule is CN=CN=C(N)Nc1ccn(C)n1. The van der Waals surface area contributed by atoms with Crippen LogP contribution in [0.3, 0.4) is 0 Å². The van der Waals surface area contributed by atoms with Gasteiger partial charge in [-0.15, -0.1) is 0 Å². The van der Waals surface area contributed by atoms with Crippen molar-refractivity contribution in [3.8, 4) is 0 Å². The molecule has 0 bridgehead atoms. The average Bonchev–Trinajstić information content (AvgIpc) is 2.48. The molecule has 0 aromatic carbocycles. The fourth-order valence-electron chi connectivity index (χ4n) is 0.765. The van der Waals surface area contributed by atoms with E-state index in [1.54, 1.807) is 17.8 Å². The second kappa shape index (κ2) is 4.24. The molecule has 70 valence electrons. The second-order valence-electron chi connectivity index (χ2n) is 2.39. The van der Waals surface area contributed by atoms with E-state index in [1.807, 2.05) is 13.2 Å². The number of hydrogen-bond donors (Lipinski definition) is 2. The van der Waals surface area contributed by atoms with E-state index >= 15 is 0 Å². The molecule has 0 saturated heterocycles. The van der Waals surface area contributed by atoms with Crippen molar-refractivity contribution in [2.24, 2.45) is 22.8 Å². The first-order chi connectivity index (χ1) is 6.22. The van der Waals surface area contributed by atoms with E-state index in [2.05, 4.69) is 20.4 Å². The lowest BCUT2D eigenvalue weighted by atomic mass is 10.6. The molecule has 1 rings (SSSR count). The van der Waals surface area contributed by atoms with E-state index < -0.39 is 0 Å². The number of hydrogen-bond acceptors (Lipinski definition) is 2. The number of aromatic nitrogens is 2. The molecule has 0 aliphatic rings. The Kier molecular flexibility index (Phi) is 3.02. The molecule has 0 unspecified atom stereocenters. The summed E-state index contributed by atoms with van der Waals surface area (Å²) < 4.78 is 1.67. The number of nitrogens with two attached hydrogens (primary N) is 1. The van der Waals surface area contributed by atoms with Crippen LogP contribution in [0.15, 0.2) is 22.2 Å². The molecular weight excluding hydrogens is 168 g/mol. The van der Waals surface area contributed by atoms with Gasteiger partial charge in [-0.25, -0.2) is 4.99 Å². The molecule has 0 fully saturated rings. The zero-order chi connectivity index (χ0) is 9.68. The van der Waals surface area contributed by atoms with E-state index in [1.165, 1.54) is 6.34 Å². The lowest BCUT2D eigenvalue weighted by Gasteiger charge is -1.98. The van der Waals surface area contributed by atoms with Gasteiger partial charge in [-0.2, -0.15) is 5.10 Å². The number of nitrogens with one attached hydrogen (secondary N) is 1. The van der Waals surface area contributed by atoms with Gasteiger partial charge >= 0.3 is 0 Å². The third-order valence-corrected chi connectivity index (χ3v) is 1.28. The quantitative estimate of drug-likeness (QED) is 0.488. The molecule has 13 heavy (non-hydrogen) atoms. The second-order valence-corrected chi connectivity index (χ2v) is 2.39. The van der Waals surface area contributed by atoms with Gasteiger partial charge in [-0.3, -0.25) is 9.67 Å². The lowest BCUT2D eigenvalue weighted by Crippen LogP contribution is -2.22. The number of nitrogens with zero attached hydrogens (tertiary/aromatic N) is 4. The summed E-state index contributed by atoms with van der Waals surface area (Å²) in [5, 5.41) is 6.86. The van der Waals surface area contributed by atoms with Gasteiger partial charge in [0.25, 0.3) is 0 Å². The fourth-order valence-corrected chi connectivity index (χ4v) is 0.765. The predicted molar refractivity (Wildman–Crippen MR) is 52.9 cm³/mol. The van der Waals surface area contributed by atoms with Crippen molar-refractivity contribution in [2.45, 2.75) is 0 Å². The topological polar surface area (TPSA) is 80.6 Å². The van der Waals surface area contributed by atoms with Crippen molar-refractivity contribution in [2.75, 3.05) is 12.4 Å². The molecule has 0 amide bonds. The molecule has 0 radical (unpaired) electrons. The monoisotopic (exact) mass is 180 g/mol. The highest BCUT2D eigenvalue weighted by molar-refractivity contribution is 5.95. The van der Waals surface area contributed by atoms with Crippen molar-refractivity contribution < 1.29 is 0 Å². The molecule has 0 spiro atoms. The minimum atomic E-state index is 0.268. The summed E-state index contributed by atoms with van der Waals surface area (Å²) >= 11 is 0. The van der Waals surface area contributed by atoms with Gasteiger partial charge in [-0.05, 0) is 0 Å². The Labute approximate surface area is 76.2 Å². The van der Waals surface area contributed by atoms with Crippen LogP contribution >= 0.6 is 0 Å². The predicted octanol–water partition coefficient (Wildman–Crippen LogP) is -0.195. The summed E-state index contributed by atoms with van der Waals surface area (Å²) in [5.41, 5.74) is 5.50. The van der Waals surface area contributed by atoms with Gasteiger partial charge in [0.1, 0.15) is 6.34 Å². The van der Waals surface area contributed by atoms with Crippen LogP contribution < -0.4 is 11.1 Å². The lowest BCUT2D eigenvalue weighted by molar-refractivity contribution is 0.771. The number of rotatable bonds is 2. The zero-order valence-electron chi connectivity index (χ0n) is 7.60. The van der Waals surface area contributed by atoms with Crippen LogP contribution in [0.4, 0.5) is 5.82 Å². The highest BCUT2D eigenvalue weighted by Gasteiger charge is 1.95. The Morgan fingerprint density at radius 3 is 3.08 bits per heavy atom. The smallest absolute Gasteiger partial charge is 0.200 e.